The molecule has 1 unspecified atom stereocenters. The van der Waals surface area contributed by atoms with E-state index in [0.29, 0.717) is 11.8 Å². The Morgan fingerprint density at radius 3 is 2.80 bits per heavy atom. The van der Waals surface area contributed by atoms with E-state index in [9.17, 15) is 4.79 Å². The summed E-state index contributed by atoms with van der Waals surface area (Å²) in [5.74, 6) is 0.765. The van der Waals surface area contributed by atoms with Crippen LogP contribution in [0.4, 0.5) is 6.01 Å². The van der Waals surface area contributed by atoms with Crippen LogP contribution in [0.2, 0.25) is 0 Å². The zero-order valence-corrected chi connectivity index (χ0v) is 8.78. The fourth-order valence-electron chi connectivity index (χ4n) is 1.44. The van der Waals surface area contributed by atoms with E-state index in [-0.39, 0.29) is 17.8 Å². The van der Waals surface area contributed by atoms with Gasteiger partial charge in [-0.3, -0.25) is 10.1 Å². The Morgan fingerprint density at radius 1 is 1.60 bits per heavy atom. The maximum absolute atomic E-state index is 11.7. The molecule has 1 aromatic rings. The van der Waals surface area contributed by atoms with E-state index in [4.69, 9.17) is 4.42 Å². The molecule has 6 nitrogen and oxygen atoms in total. The molecule has 1 amide bonds. The summed E-state index contributed by atoms with van der Waals surface area (Å²) in [6, 6.07) is 0.177. The monoisotopic (exact) mass is 210 g/mol. The molecule has 0 aliphatic carbocycles. The van der Waals surface area contributed by atoms with Crippen molar-refractivity contribution in [3.05, 3.63) is 5.89 Å². The Labute approximate surface area is 87.4 Å². The van der Waals surface area contributed by atoms with Gasteiger partial charge in [0.15, 0.2) is 0 Å². The summed E-state index contributed by atoms with van der Waals surface area (Å²) in [7, 11) is 0. The van der Waals surface area contributed by atoms with Gasteiger partial charge in [0.25, 0.3) is 0 Å². The average molecular weight is 210 g/mol. The number of rotatable bonds is 3. The molecule has 1 aliphatic heterocycles. The lowest BCUT2D eigenvalue weighted by Gasteiger charge is -2.31. The topological polar surface area (TPSA) is 80.0 Å². The van der Waals surface area contributed by atoms with Gasteiger partial charge in [-0.05, 0) is 19.0 Å². The molecule has 2 N–H and O–H groups in total. The number of amides is 1. The highest BCUT2D eigenvalue weighted by molar-refractivity contribution is 5.90. The number of carbonyl (C=O) groups is 1. The van der Waals surface area contributed by atoms with Gasteiger partial charge < -0.3 is 9.73 Å². The van der Waals surface area contributed by atoms with Crippen molar-refractivity contribution in [2.75, 3.05) is 18.4 Å². The highest BCUT2D eigenvalue weighted by atomic mass is 16.4. The number of hydrogen-bond acceptors (Lipinski definition) is 5. The van der Waals surface area contributed by atoms with Gasteiger partial charge in [-0.15, -0.1) is 5.10 Å². The molecule has 6 heteroatoms. The molecular formula is C9H14N4O2. The minimum Gasteiger partial charge on any atom is -0.408 e. The molecule has 1 atom stereocenters. The number of hydrogen-bond donors (Lipinski definition) is 2. The first-order valence-electron chi connectivity index (χ1n) is 4.98. The van der Waals surface area contributed by atoms with Crippen LogP contribution in [0.1, 0.15) is 12.8 Å². The first-order valence-corrected chi connectivity index (χ1v) is 4.98. The summed E-state index contributed by atoms with van der Waals surface area (Å²) >= 11 is 0. The summed E-state index contributed by atoms with van der Waals surface area (Å²) in [6.45, 7) is 5.39. The predicted octanol–water partition coefficient (Wildman–Crippen LogP) is 0.172. The van der Waals surface area contributed by atoms with E-state index in [1.165, 1.54) is 0 Å². The van der Waals surface area contributed by atoms with Crippen molar-refractivity contribution < 1.29 is 9.21 Å². The van der Waals surface area contributed by atoms with E-state index in [1.54, 1.807) is 6.92 Å². The Bertz CT molecular complexity index is 359. The number of nitrogens with zero attached hydrogens (tertiary/aromatic N) is 2. The molecule has 0 bridgehead atoms. The van der Waals surface area contributed by atoms with Gasteiger partial charge in [0.05, 0.1) is 0 Å². The van der Waals surface area contributed by atoms with E-state index in [0.717, 1.165) is 13.1 Å². The summed E-state index contributed by atoms with van der Waals surface area (Å²) in [5, 5.41) is 13.1. The third kappa shape index (κ3) is 2.15. The third-order valence-electron chi connectivity index (χ3n) is 2.69. The first kappa shape index (κ1) is 10.1. The lowest BCUT2D eigenvalue weighted by Crippen LogP contribution is -2.48. The van der Waals surface area contributed by atoms with E-state index >= 15 is 0 Å². The Hall–Kier alpha value is -1.43. The average Bonchev–Trinajstić information content (AvgIpc) is 2.48. The first-order chi connectivity index (χ1) is 7.16. The van der Waals surface area contributed by atoms with Gasteiger partial charge in [-0.2, -0.15) is 0 Å². The Kier molecular flexibility index (Phi) is 2.68. The number of aromatic nitrogens is 2. The molecule has 1 saturated heterocycles. The SMILES string of the molecule is Cc1nnc(NC(=O)C(C)C2CNC2)o1. The van der Waals surface area contributed by atoms with Gasteiger partial charge in [-0.1, -0.05) is 12.0 Å². The van der Waals surface area contributed by atoms with Crippen LogP contribution in [0, 0.1) is 18.8 Å². The largest absolute Gasteiger partial charge is 0.408 e. The molecule has 0 saturated carbocycles. The van der Waals surface area contributed by atoms with E-state index < -0.39 is 0 Å². The highest BCUT2D eigenvalue weighted by Gasteiger charge is 2.29. The lowest BCUT2D eigenvalue weighted by atomic mass is 9.88. The van der Waals surface area contributed by atoms with Crippen molar-refractivity contribution in [1.82, 2.24) is 15.5 Å². The van der Waals surface area contributed by atoms with Crippen LogP contribution in [-0.4, -0.2) is 29.2 Å². The lowest BCUT2D eigenvalue weighted by molar-refractivity contribution is -0.121. The number of aryl methyl sites for hydroxylation is 1. The fraction of sp³-hybridized carbons (Fsp3) is 0.667. The molecule has 1 aromatic heterocycles. The minimum atomic E-state index is -0.0647. The molecule has 15 heavy (non-hydrogen) atoms. The second-order valence-corrected chi connectivity index (χ2v) is 3.82. The van der Waals surface area contributed by atoms with E-state index in [1.807, 2.05) is 6.92 Å². The van der Waals surface area contributed by atoms with Crippen LogP contribution in [0.15, 0.2) is 4.42 Å². The molecule has 0 spiro atoms. The molecule has 0 radical (unpaired) electrons. The molecule has 2 heterocycles. The Morgan fingerprint density at radius 2 is 2.33 bits per heavy atom. The zero-order valence-electron chi connectivity index (χ0n) is 8.78. The van der Waals surface area contributed by atoms with Crippen LogP contribution in [0.3, 0.4) is 0 Å². The van der Waals surface area contributed by atoms with Crippen molar-refractivity contribution >= 4 is 11.9 Å². The van der Waals surface area contributed by atoms with Gasteiger partial charge in [0.2, 0.25) is 11.8 Å². The van der Waals surface area contributed by atoms with E-state index in [2.05, 4.69) is 20.8 Å². The second kappa shape index (κ2) is 3.98. The van der Waals surface area contributed by atoms with Crippen LogP contribution in [0.5, 0.6) is 0 Å². The summed E-state index contributed by atoms with van der Waals surface area (Å²) < 4.78 is 5.07. The second-order valence-electron chi connectivity index (χ2n) is 3.82. The summed E-state index contributed by atoms with van der Waals surface area (Å²) in [6.07, 6.45) is 0. The molecule has 1 fully saturated rings. The molecule has 2 rings (SSSR count). The quantitative estimate of drug-likeness (QED) is 0.743. The number of carbonyl (C=O) groups excluding carboxylic acids is 1. The zero-order chi connectivity index (χ0) is 10.8. The van der Waals surface area contributed by atoms with Gasteiger partial charge >= 0.3 is 6.01 Å². The summed E-state index contributed by atoms with van der Waals surface area (Å²) in [5.41, 5.74) is 0. The van der Waals surface area contributed by atoms with Crippen molar-refractivity contribution in [2.24, 2.45) is 11.8 Å². The minimum absolute atomic E-state index is 0.0292. The van der Waals surface area contributed by atoms with Crippen LogP contribution >= 0.6 is 0 Å². The van der Waals surface area contributed by atoms with Gasteiger partial charge in [0.1, 0.15) is 0 Å². The van der Waals surface area contributed by atoms with Crippen LogP contribution in [-0.2, 0) is 4.79 Å². The van der Waals surface area contributed by atoms with Crippen molar-refractivity contribution in [1.29, 1.82) is 0 Å². The maximum atomic E-state index is 11.7. The summed E-state index contributed by atoms with van der Waals surface area (Å²) in [4.78, 5) is 11.7. The fourth-order valence-corrected chi connectivity index (χ4v) is 1.44. The smallest absolute Gasteiger partial charge is 0.322 e. The van der Waals surface area contributed by atoms with Gasteiger partial charge in [-0.25, -0.2) is 0 Å². The van der Waals surface area contributed by atoms with Crippen LogP contribution in [0.25, 0.3) is 0 Å². The molecular weight excluding hydrogens is 196 g/mol. The predicted molar refractivity (Wildman–Crippen MR) is 53.2 cm³/mol. The maximum Gasteiger partial charge on any atom is 0.322 e. The number of nitrogens with one attached hydrogen (secondary N) is 2. The highest BCUT2D eigenvalue weighted by Crippen LogP contribution is 2.17. The molecule has 82 valence electrons. The van der Waals surface area contributed by atoms with Gasteiger partial charge in [0, 0.05) is 12.8 Å². The normalized spacial score (nSPS) is 18.3. The Balaban J connectivity index is 1.91. The van der Waals surface area contributed by atoms with Crippen molar-refractivity contribution in [3.8, 4) is 0 Å². The van der Waals surface area contributed by atoms with Crippen molar-refractivity contribution in [3.63, 3.8) is 0 Å². The molecule has 1 aliphatic rings. The molecule has 0 aromatic carbocycles. The van der Waals surface area contributed by atoms with Crippen molar-refractivity contribution in [2.45, 2.75) is 13.8 Å². The van der Waals surface area contributed by atoms with Crippen LogP contribution < -0.4 is 10.6 Å². The standard InChI is InChI=1S/C9H14N4O2/c1-5(7-3-10-4-7)8(14)11-9-13-12-6(2)15-9/h5,7,10H,3-4H2,1-2H3,(H,11,13,14). The number of anilines is 1. The third-order valence-corrected chi connectivity index (χ3v) is 2.69.